The average Bonchev–Trinajstić information content (AvgIpc) is 3.18. The number of methoxy groups -OCH3 is 1. The maximum Gasteiger partial charge on any atom is 0.417 e. The first-order chi connectivity index (χ1) is 14.9. The molecular formula is C23H19ClF3N3O. The van der Waals surface area contributed by atoms with E-state index in [1.165, 1.54) is 6.07 Å². The highest BCUT2D eigenvalue weighted by atomic mass is 35.5. The fourth-order valence-corrected chi connectivity index (χ4v) is 3.82. The van der Waals surface area contributed by atoms with Crippen LogP contribution in [0.3, 0.4) is 0 Å². The summed E-state index contributed by atoms with van der Waals surface area (Å²) in [5, 5.41) is 0.679. The van der Waals surface area contributed by atoms with Crippen LogP contribution in [0, 0.1) is 0 Å². The highest BCUT2D eigenvalue weighted by molar-refractivity contribution is 6.31. The topological polar surface area (TPSA) is 50.8 Å². The van der Waals surface area contributed by atoms with Crippen LogP contribution in [0.1, 0.15) is 34.1 Å². The van der Waals surface area contributed by atoms with E-state index in [0.717, 1.165) is 33.9 Å². The Morgan fingerprint density at radius 2 is 1.94 bits per heavy atom. The van der Waals surface area contributed by atoms with Crippen molar-refractivity contribution in [3.8, 4) is 0 Å². The van der Waals surface area contributed by atoms with E-state index in [1.54, 1.807) is 25.6 Å². The number of rotatable bonds is 6. The van der Waals surface area contributed by atoms with E-state index in [9.17, 15) is 13.2 Å². The van der Waals surface area contributed by atoms with Gasteiger partial charge in [0.1, 0.15) is 11.8 Å². The summed E-state index contributed by atoms with van der Waals surface area (Å²) in [7, 11) is 1.63. The van der Waals surface area contributed by atoms with Crippen LogP contribution in [0.4, 0.5) is 13.2 Å². The highest BCUT2D eigenvalue weighted by Crippen LogP contribution is 2.35. The number of nitrogens with one attached hydrogen (secondary N) is 1. The van der Waals surface area contributed by atoms with E-state index >= 15 is 0 Å². The summed E-state index contributed by atoms with van der Waals surface area (Å²) in [4.78, 5) is 11.9. The van der Waals surface area contributed by atoms with Crippen LogP contribution in [0.2, 0.25) is 5.02 Å². The third-order valence-corrected chi connectivity index (χ3v) is 5.49. The quantitative estimate of drug-likeness (QED) is 0.387. The Bertz CT molecular complexity index is 1190. The van der Waals surface area contributed by atoms with Crippen LogP contribution in [0.25, 0.3) is 11.0 Å². The van der Waals surface area contributed by atoms with Crippen molar-refractivity contribution in [2.45, 2.75) is 25.1 Å². The number of benzene rings is 1. The summed E-state index contributed by atoms with van der Waals surface area (Å²) >= 11 is 5.69. The van der Waals surface area contributed by atoms with Gasteiger partial charge >= 0.3 is 6.18 Å². The lowest BCUT2D eigenvalue weighted by molar-refractivity contribution is -0.137. The number of H-pyrrole nitrogens is 1. The Balaban J connectivity index is 1.49. The predicted molar refractivity (Wildman–Crippen MR) is 113 cm³/mol. The highest BCUT2D eigenvalue weighted by Gasteiger charge is 2.33. The summed E-state index contributed by atoms with van der Waals surface area (Å²) in [6, 6.07) is 11.6. The summed E-state index contributed by atoms with van der Waals surface area (Å²) in [6.07, 6.45) is 1.48. The van der Waals surface area contributed by atoms with Crippen molar-refractivity contribution in [1.29, 1.82) is 0 Å². The Hall–Kier alpha value is -2.90. The van der Waals surface area contributed by atoms with Gasteiger partial charge in [-0.3, -0.25) is 4.98 Å². The van der Waals surface area contributed by atoms with Gasteiger partial charge in [-0.15, -0.1) is 0 Å². The monoisotopic (exact) mass is 445 g/mol. The molecule has 1 unspecified atom stereocenters. The lowest BCUT2D eigenvalue weighted by Gasteiger charge is -2.15. The van der Waals surface area contributed by atoms with Gasteiger partial charge in [-0.2, -0.15) is 13.2 Å². The van der Waals surface area contributed by atoms with E-state index in [4.69, 9.17) is 16.3 Å². The molecular weight excluding hydrogens is 427 g/mol. The van der Waals surface area contributed by atoms with Crippen molar-refractivity contribution in [3.63, 3.8) is 0 Å². The molecule has 0 aliphatic carbocycles. The van der Waals surface area contributed by atoms with E-state index in [-0.39, 0.29) is 11.1 Å². The zero-order chi connectivity index (χ0) is 22.0. The molecule has 0 aliphatic heterocycles. The van der Waals surface area contributed by atoms with Gasteiger partial charge in [0.05, 0.1) is 10.6 Å². The molecule has 1 N–H and O–H groups in total. The van der Waals surface area contributed by atoms with E-state index in [2.05, 4.69) is 15.0 Å². The minimum absolute atomic E-state index is 0.295. The smallest absolute Gasteiger partial charge is 0.372 e. The molecule has 31 heavy (non-hydrogen) atoms. The van der Waals surface area contributed by atoms with Gasteiger partial charge < -0.3 is 9.72 Å². The van der Waals surface area contributed by atoms with E-state index in [1.807, 2.05) is 30.5 Å². The molecule has 0 bridgehead atoms. The Labute approximate surface area is 182 Å². The van der Waals surface area contributed by atoms with Crippen molar-refractivity contribution in [1.82, 2.24) is 15.0 Å². The maximum absolute atomic E-state index is 13.0. The van der Waals surface area contributed by atoms with Crippen LogP contribution in [-0.4, -0.2) is 22.1 Å². The zero-order valence-corrected chi connectivity index (χ0v) is 17.3. The summed E-state index contributed by atoms with van der Waals surface area (Å²) in [6.45, 7) is 0. The Morgan fingerprint density at radius 1 is 1.10 bits per heavy atom. The third kappa shape index (κ3) is 4.57. The molecule has 0 amide bonds. The van der Waals surface area contributed by atoms with Crippen molar-refractivity contribution >= 4 is 22.6 Å². The molecule has 1 atom stereocenters. The second kappa shape index (κ2) is 8.69. The average molecular weight is 446 g/mol. The number of pyridine rings is 2. The largest absolute Gasteiger partial charge is 0.417 e. The molecule has 0 saturated carbocycles. The Kier molecular flexibility index (Phi) is 5.98. The van der Waals surface area contributed by atoms with Crippen LogP contribution < -0.4 is 0 Å². The number of halogens is 4. The number of hydrogen-bond acceptors (Lipinski definition) is 3. The first-order valence-corrected chi connectivity index (χ1v) is 10.00. The normalized spacial score (nSPS) is 12.9. The van der Waals surface area contributed by atoms with Crippen LogP contribution in [0.5, 0.6) is 0 Å². The van der Waals surface area contributed by atoms with E-state index < -0.39 is 11.7 Å². The van der Waals surface area contributed by atoms with Gasteiger partial charge in [0.25, 0.3) is 0 Å². The van der Waals surface area contributed by atoms with Crippen molar-refractivity contribution in [3.05, 3.63) is 94.0 Å². The number of aryl methyl sites for hydroxylation is 2. The van der Waals surface area contributed by atoms with E-state index in [0.29, 0.717) is 18.4 Å². The van der Waals surface area contributed by atoms with Gasteiger partial charge in [-0.1, -0.05) is 23.7 Å². The maximum atomic E-state index is 13.0. The third-order valence-electron chi connectivity index (χ3n) is 5.16. The molecule has 0 spiro atoms. The van der Waals surface area contributed by atoms with Gasteiger partial charge in [-0.25, -0.2) is 4.98 Å². The molecule has 160 valence electrons. The summed E-state index contributed by atoms with van der Waals surface area (Å²) < 4.78 is 44.8. The molecule has 3 aromatic heterocycles. The van der Waals surface area contributed by atoms with Crippen molar-refractivity contribution in [2.24, 2.45) is 0 Å². The summed E-state index contributed by atoms with van der Waals surface area (Å²) in [5.74, 6) is 0. The van der Waals surface area contributed by atoms with Crippen LogP contribution in [0.15, 0.2) is 61.1 Å². The fraction of sp³-hybridized carbons (Fsp3) is 0.217. The van der Waals surface area contributed by atoms with Gasteiger partial charge in [0.2, 0.25) is 0 Å². The fourth-order valence-electron chi connectivity index (χ4n) is 3.59. The standard InChI is InChI=1S/C23H19ClF3N3O/c1-31-21(18-13-30-22-17(18)3-2-10-28-22)15-6-8-16(29-12-15)7-4-14-5-9-20(24)19(11-14)23(25,26)27/h2-3,5-6,8-13,21H,4,7H2,1H3,(H,28,30). The van der Waals surface area contributed by atoms with Gasteiger partial charge in [0, 0.05) is 47.9 Å². The molecule has 1 aromatic carbocycles. The number of fused-ring (bicyclic) bond motifs is 1. The van der Waals surface area contributed by atoms with Gasteiger partial charge in [0.15, 0.2) is 0 Å². The number of aromatic amines is 1. The number of aromatic nitrogens is 3. The molecule has 3 heterocycles. The predicted octanol–water partition coefficient (Wildman–Crippen LogP) is 6.15. The molecule has 4 nitrogen and oxygen atoms in total. The van der Waals surface area contributed by atoms with Crippen LogP contribution in [-0.2, 0) is 23.8 Å². The van der Waals surface area contributed by atoms with Gasteiger partial charge in [-0.05, 0) is 48.7 Å². The minimum Gasteiger partial charge on any atom is -0.372 e. The number of alkyl halides is 3. The molecule has 0 fully saturated rings. The number of ether oxygens (including phenoxy) is 1. The number of hydrogen-bond donors (Lipinski definition) is 1. The SMILES string of the molecule is COC(c1ccc(CCc2ccc(Cl)c(C(F)(F)F)c2)nc1)c1c[nH]c2ncccc12. The van der Waals surface area contributed by atoms with Crippen molar-refractivity contribution < 1.29 is 17.9 Å². The molecule has 8 heteroatoms. The minimum atomic E-state index is -4.47. The zero-order valence-electron chi connectivity index (χ0n) is 16.6. The van der Waals surface area contributed by atoms with Crippen molar-refractivity contribution in [2.75, 3.05) is 7.11 Å². The lowest BCUT2D eigenvalue weighted by atomic mass is 10.0. The molecule has 4 aromatic rings. The Morgan fingerprint density at radius 3 is 2.65 bits per heavy atom. The molecule has 4 rings (SSSR count). The second-order valence-corrected chi connectivity index (χ2v) is 7.56. The number of nitrogens with zero attached hydrogens (tertiary/aromatic N) is 2. The summed E-state index contributed by atoms with van der Waals surface area (Å²) in [5.41, 5.74) is 3.14. The first-order valence-electron chi connectivity index (χ1n) is 9.62. The molecule has 0 aliphatic rings. The van der Waals surface area contributed by atoms with Crippen LogP contribution >= 0.6 is 11.6 Å². The molecule has 0 radical (unpaired) electrons. The lowest BCUT2D eigenvalue weighted by Crippen LogP contribution is -2.07. The molecule has 0 saturated heterocycles. The first kappa shape index (κ1) is 21.3. The second-order valence-electron chi connectivity index (χ2n) is 7.15.